The van der Waals surface area contributed by atoms with Crippen LogP contribution in [-0.4, -0.2) is 6.54 Å². The van der Waals surface area contributed by atoms with E-state index in [1.54, 1.807) is 0 Å². The first-order chi connectivity index (χ1) is 8.72. The zero-order valence-corrected chi connectivity index (χ0v) is 11.9. The lowest BCUT2D eigenvalue weighted by atomic mass is 9.81. The lowest BCUT2D eigenvalue weighted by Crippen LogP contribution is -2.12. The molecule has 0 fully saturated rings. The van der Waals surface area contributed by atoms with Crippen LogP contribution in [0.5, 0.6) is 0 Å². The van der Waals surface area contributed by atoms with Crippen molar-refractivity contribution in [2.75, 3.05) is 6.54 Å². The van der Waals surface area contributed by atoms with Crippen molar-refractivity contribution in [1.82, 2.24) is 0 Å². The van der Waals surface area contributed by atoms with E-state index >= 15 is 0 Å². The second kappa shape index (κ2) is 8.10. The Morgan fingerprint density at radius 1 is 1.33 bits per heavy atom. The van der Waals surface area contributed by atoms with Crippen LogP contribution in [0, 0.1) is 5.92 Å². The van der Waals surface area contributed by atoms with E-state index in [0.717, 1.165) is 18.9 Å². The molecule has 1 heteroatoms. The topological polar surface area (TPSA) is 26.0 Å². The van der Waals surface area contributed by atoms with E-state index < -0.39 is 0 Å². The van der Waals surface area contributed by atoms with Gasteiger partial charge in [-0.1, -0.05) is 63.6 Å². The molecular weight excluding hydrogens is 218 g/mol. The summed E-state index contributed by atoms with van der Waals surface area (Å²) in [6, 6.07) is 8.75. The van der Waals surface area contributed by atoms with Gasteiger partial charge in [0.2, 0.25) is 0 Å². The molecule has 0 saturated carbocycles. The minimum absolute atomic E-state index is 0.608. The lowest BCUT2D eigenvalue weighted by Gasteiger charge is -2.24. The largest absolute Gasteiger partial charge is 0.330 e. The fourth-order valence-corrected chi connectivity index (χ4v) is 2.64. The molecule has 2 unspecified atom stereocenters. The molecule has 0 aliphatic carbocycles. The van der Waals surface area contributed by atoms with Crippen molar-refractivity contribution < 1.29 is 0 Å². The first-order valence-corrected chi connectivity index (χ1v) is 7.15. The first kappa shape index (κ1) is 15.0. The van der Waals surface area contributed by atoms with E-state index in [2.05, 4.69) is 44.7 Å². The summed E-state index contributed by atoms with van der Waals surface area (Å²) in [5.74, 6) is 1.36. The van der Waals surface area contributed by atoms with Gasteiger partial charge in [0.1, 0.15) is 0 Å². The number of benzene rings is 1. The predicted molar refractivity (Wildman–Crippen MR) is 81.6 cm³/mol. The lowest BCUT2D eigenvalue weighted by molar-refractivity contribution is 0.376. The molecule has 0 aliphatic heterocycles. The normalized spacial score (nSPS) is 14.2. The highest BCUT2D eigenvalue weighted by Gasteiger charge is 2.17. The summed E-state index contributed by atoms with van der Waals surface area (Å²) >= 11 is 0. The van der Waals surface area contributed by atoms with Gasteiger partial charge in [-0.15, -0.1) is 0 Å². The van der Waals surface area contributed by atoms with Gasteiger partial charge in [-0.3, -0.25) is 0 Å². The molecular formula is C17H27N. The zero-order valence-electron chi connectivity index (χ0n) is 11.9. The minimum Gasteiger partial charge on any atom is -0.330 e. The SMILES string of the molecule is C=Cc1cccc(C(C)C(CCC)CCCN)c1. The van der Waals surface area contributed by atoms with Crippen molar-refractivity contribution in [1.29, 1.82) is 0 Å². The maximum Gasteiger partial charge on any atom is -0.00772 e. The third-order valence-electron chi connectivity index (χ3n) is 3.82. The highest BCUT2D eigenvalue weighted by atomic mass is 14.5. The molecule has 0 amide bonds. The Kier molecular flexibility index (Phi) is 6.74. The molecule has 2 N–H and O–H groups in total. The minimum atomic E-state index is 0.608. The Morgan fingerprint density at radius 3 is 2.72 bits per heavy atom. The molecule has 2 atom stereocenters. The van der Waals surface area contributed by atoms with Gasteiger partial charge in [0.15, 0.2) is 0 Å². The van der Waals surface area contributed by atoms with Crippen molar-refractivity contribution in [3.05, 3.63) is 42.0 Å². The third kappa shape index (κ3) is 4.30. The number of hydrogen-bond acceptors (Lipinski definition) is 1. The van der Waals surface area contributed by atoms with Gasteiger partial charge in [0.05, 0.1) is 0 Å². The van der Waals surface area contributed by atoms with Crippen LogP contribution in [0.2, 0.25) is 0 Å². The second-order valence-corrected chi connectivity index (χ2v) is 5.14. The fourth-order valence-electron chi connectivity index (χ4n) is 2.64. The monoisotopic (exact) mass is 245 g/mol. The summed E-state index contributed by atoms with van der Waals surface area (Å²) in [4.78, 5) is 0. The molecule has 0 bridgehead atoms. The molecule has 1 aromatic carbocycles. The average molecular weight is 245 g/mol. The van der Waals surface area contributed by atoms with Gasteiger partial charge in [0.25, 0.3) is 0 Å². The smallest absolute Gasteiger partial charge is 0.00772 e. The van der Waals surface area contributed by atoms with Crippen LogP contribution in [0.15, 0.2) is 30.8 Å². The summed E-state index contributed by atoms with van der Waals surface area (Å²) in [6.45, 7) is 9.26. The van der Waals surface area contributed by atoms with E-state index in [1.165, 1.54) is 30.4 Å². The Bertz CT molecular complexity index is 356. The van der Waals surface area contributed by atoms with Crippen LogP contribution >= 0.6 is 0 Å². The predicted octanol–water partition coefficient (Wildman–Crippen LogP) is 4.59. The summed E-state index contributed by atoms with van der Waals surface area (Å²) in [5, 5.41) is 0. The molecule has 1 aromatic rings. The summed E-state index contributed by atoms with van der Waals surface area (Å²) in [5.41, 5.74) is 8.29. The molecule has 18 heavy (non-hydrogen) atoms. The zero-order chi connectivity index (χ0) is 13.4. The van der Waals surface area contributed by atoms with Crippen LogP contribution in [-0.2, 0) is 0 Å². The molecule has 1 nitrogen and oxygen atoms in total. The Labute approximate surface area is 112 Å². The Hall–Kier alpha value is -1.08. The van der Waals surface area contributed by atoms with Crippen LogP contribution in [0.4, 0.5) is 0 Å². The molecule has 0 radical (unpaired) electrons. The van der Waals surface area contributed by atoms with Gasteiger partial charge in [-0.25, -0.2) is 0 Å². The van der Waals surface area contributed by atoms with Crippen LogP contribution in [0.3, 0.4) is 0 Å². The molecule has 0 saturated heterocycles. The van der Waals surface area contributed by atoms with E-state index in [-0.39, 0.29) is 0 Å². The maximum absolute atomic E-state index is 5.64. The van der Waals surface area contributed by atoms with Crippen molar-refractivity contribution in [3.63, 3.8) is 0 Å². The molecule has 0 spiro atoms. The number of nitrogens with two attached hydrogens (primary N) is 1. The quantitative estimate of drug-likeness (QED) is 0.712. The molecule has 0 aromatic heterocycles. The van der Waals surface area contributed by atoms with Gasteiger partial charge in [-0.05, 0) is 42.3 Å². The van der Waals surface area contributed by atoms with E-state index in [4.69, 9.17) is 5.73 Å². The fraction of sp³-hybridized carbons (Fsp3) is 0.529. The average Bonchev–Trinajstić information content (AvgIpc) is 2.42. The van der Waals surface area contributed by atoms with Gasteiger partial charge in [-0.2, -0.15) is 0 Å². The number of rotatable bonds is 8. The molecule has 0 aliphatic rings. The number of hydrogen-bond donors (Lipinski definition) is 1. The summed E-state index contributed by atoms with van der Waals surface area (Å²) < 4.78 is 0. The second-order valence-electron chi connectivity index (χ2n) is 5.14. The molecule has 1 rings (SSSR count). The van der Waals surface area contributed by atoms with Gasteiger partial charge in [0, 0.05) is 0 Å². The van der Waals surface area contributed by atoms with E-state index in [1.807, 2.05) is 6.08 Å². The summed E-state index contributed by atoms with van der Waals surface area (Å²) in [7, 11) is 0. The molecule has 0 heterocycles. The third-order valence-corrected chi connectivity index (χ3v) is 3.82. The first-order valence-electron chi connectivity index (χ1n) is 7.15. The Balaban J connectivity index is 2.79. The molecule has 100 valence electrons. The maximum atomic E-state index is 5.64. The van der Waals surface area contributed by atoms with Gasteiger partial charge >= 0.3 is 0 Å². The standard InChI is InChI=1S/C17H27N/c1-4-8-16(11-7-12-18)14(3)17-10-6-9-15(5-2)13-17/h5-6,9-10,13-14,16H,2,4,7-8,11-12,18H2,1,3H3. The van der Waals surface area contributed by atoms with Crippen molar-refractivity contribution in [3.8, 4) is 0 Å². The highest BCUT2D eigenvalue weighted by Crippen LogP contribution is 2.31. The van der Waals surface area contributed by atoms with Crippen molar-refractivity contribution in [2.45, 2.75) is 45.4 Å². The van der Waals surface area contributed by atoms with Crippen LogP contribution < -0.4 is 5.73 Å². The van der Waals surface area contributed by atoms with E-state index in [9.17, 15) is 0 Å². The van der Waals surface area contributed by atoms with Crippen molar-refractivity contribution in [2.24, 2.45) is 11.7 Å². The van der Waals surface area contributed by atoms with Crippen LogP contribution in [0.25, 0.3) is 6.08 Å². The van der Waals surface area contributed by atoms with Crippen LogP contribution in [0.1, 0.15) is 56.6 Å². The van der Waals surface area contributed by atoms with E-state index in [0.29, 0.717) is 5.92 Å². The Morgan fingerprint density at radius 2 is 2.11 bits per heavy atom. The van der Waals surface area contributed by atoms with Crippen molar-refractivity contribution >= 4 is 6.08 Å². The summed E-state index contributed by atoms with van der Waals surface area (Å²) in [6.07, 6.45) is 6.84. The van der Waals surface area contributed by atoms with Gasteiger partial charge < -0.3 is 5.73 Å². The highest BCUT2D eigenvalue weighted by molar-refractivity contribution is 5.48.